The molecule has 9 heteroatoms. The van der Waals surface area contributed by atoms with Crippen LogP contribution in [-0.4, -0.2) is 47.7 Å². The number of nitriles is 1. The van der Waals surface area contributed by atoms with Crippen molar-refractivity contribution < 1.29 is 13.2 Å². The first-order chi connectivity index (χ1) is 15.0. The van der Waals surface area contributed by atoms with Gasteiger partial charge in [0.15, 0.2) is 5.16 Å². The SMILES string of the molecule is CCOc1ccccc1-n1c(SCCC#N)nc2cc(S(=O)(=O)N(CC)CC)ccc21. The summed E-state index contributed by atoms with van der Waals surface area (Å²) in [7, 11) is -3.59. The summed E-state index contributed by atoms with van der Waals surface area (Å²) in [4.78, 5) is 4.95. The third-order valence-corrected chi connectivity index (χ3v) is 7.78. The fourth-order valence-electron chi connectivity index (χ4n) is 3.35. The topological polar surface area (TPSA) is 88.2 Å². The molecule has 164 valence electrons. The van der Waals surface area contributed by atoms with E-state index in [0.29, 0.717) is 48.3 Å². The molecule has 2 aromatic carbocycles. The molecule has 0 spiro atoms. The highest BCUT2D eigenvalue weighted by Gasteiger charge is 2.24. The normalized spacial score (nSPS) is 11.7. The number of ether oxygens (including phenoxy) is 1. The zero-order valence-electron chi connectivity index (χ0n) is 17.9. The van der Waals surface area contributed by atoms with Crippen molar-refractivity contribution in [2.24, 2.45) is 0 Å². The smallest absolute Gasteiger partial charge is 0.243 e. The monoisotopic (exact) mass is 458 g/mol. The van der Waals surface area contributed by atoms with E-state index in [1.165, 1.54) is 16.1 Å². The van der Waals surface area contributed by atoms with Crippen LogP contribution in [0.4, 0.5) is 0 Å². The summed E-state index contributed by atoms with van der Waals surface area (Å²) in [5.74, 6) is 1.30. The Labute approximate surface area is 187 Å². The summed E-state index contributed by atoms with van der Waals surface area (Å²) in [6, 6.07) is 14.9. The lowest BCUT2D eigenvalue weighted by molar-refractivity contribution is 0.339. The highest BCUT2D eigenvalue weighted by molar-refractivity contribution is 7.99. The van der Waals surface area contributed by atoms with E-state index in [-0.39, 0.29) is 4.90 Å². The lowest BCUT2D eigenvalue weighted by Gasteiger charge is -2.18. The van der Waals surface area contributed by atoms with Gasteiger partial charge in [0.25, 0.3) is 0 Å². The number of hydrogen-bond acceptors (Lipinski definition) is 6. The maximum atomic E-state index is 13.0. The van der Waals surface area contributed by atoms with Crippen LogP contribution in [0.15, 0.2) is 52.5 Å². The molecule has 3 rings (SSSR count). The first kappa shape index (κ1) is 23.1. The molecule has 1 aromatic heterocycles. The van der Waals surface area contributed by atoms with Gasteiger partial charge in [0.2, 0.25) is 10.0 Å². The number of aromatic nitrogens is 2. The summed E-state index contributed by atoms with van der Waals surface area (Å²) in [6.07, 6.45) is 0.391. The molecule has 0 radical (unpaired) electrons. The van der Waals surface area contributed by atoms with Crippen LogP contribution in [0.1, 0.15) is 27.2 Å². The predicted molar refractivity (Wildman–Crippen MR) is 123 cm³/mol. The third-order valence-electron chi connectivity index (χ3n) is 4.79. The first-order valence-corrected chi connectivity index (χ1v) is 12.6. The third kappa shape index (κ3) is 4.71. The van der Waals surface area contributed by atoms with E-state index in [9.17, 15) is 8.42 Å². The van der Waals surface area contributed by atoms with Crippen LogP contribution in [-0.2, 0) is 10.0 Å². The molecule has 0 amide bonds. The molecule has 0 saturated heterocycles. The number of sulfonamides is 1. The number of nitrogens with zero attached hydrogens (tertiary/aromatic N) is 4. The van der Waals surface area contributed by atoms with Crippen molar-refractivity contribution >= 4 is 32.8 Å². The van der Waals surface area contributed by atoms with Gasteiger partial charge in [-0.05, 0) is 37.3 Å². The van der Waals surface area contributed by atoms with Gasteiger partial charge < -0.3 is 4.74 Å². The van der Waals surface area contributed by atoms with Crippen LogP contribution in [0.5, 0.6) is 5.75 Å². The maximum Gasteiger partial charge on any atom is 0.243 e. The molecule has 1 heterocycles. The van der Waals surface area contributed by atoms with E-state index in [2.05, 4.69) is 6.07 Å². The van der Waals surface area contributed by atoms with Gasteiger partial charge in [0.05, 0.1) is 34.3 Å². The minimum absolute atomic E-state index is 0.222. The molecule has 0 saturated carbocycles. The van der Waals surface area contributed by atoms with Crippen molar-refractivity contribution in [2.75, 3.05) is 25.4 Å². The molecule has 0 aliphatic heterocycles. The molecule has 31 heavy (non-hydrogen) atoms. The Bertz CT molecular complexity index is 1200. The summed E-state index contributed by atoms with van der Waals surface area (Å²) in [5.41, 5.74) is 2.19. The summed E-state index contributed by atoms with van der Waals surface area (Å²) >= 11 is 1.46. The van der Waals surface area contributed by atoms with Crippen molar-refractivity contribution in [3.63, 3.8) is 0 Å². The van der Waals surface area contributed by atoms with Crippen LogP contribution >= 0.6 is 11.8 Å². The lowest BCUT2D eigenvalue weighted by atomic mass is 10.2. The van der Waals surface area contributed by atoms with Gasteiger partial charge in [-0.2, -0.15) is 9.57 Å². The molecule has 0 bridgehead atoms. The number of imidazole rings is 1. The summed E-state index contributed by atoms with van der Waals surface area (Å²) in [6.45, 7) is 6.90. The maximum absolute atomic E-state index is 13.0. The number of thioether (sulfide) groups is 1. The zero-order chi connectivity index (χ0) is 22.4. The summed E-state index contributed by atoms with van der Waals surface area (Å²) in [5, 5.41) is 9.62. The van der Waals surface area contributed by atoms with Gasteiger partial charge in [-0.25, -0.2) is 13.4 Å². The van der Waals surface area contributed by atoms with Crippen molar-refractivity contribution in [2.45, 2.75) is 37.2 Å². The van der Waals surface area contributed by atoms with E-state index in [1.807, 2.05) is 49.6 Å². The Morgan fingerprint density at radius 1 is 1.16 bits per heavy atom. The van der Waals surface area contributed by atoms with Gasteiger partial charge in [0, 0.05) is 25.3 Å². The zero-order valence-corrected chi connectivity index (χ0v) is 19.5. The molecule has 7 nitrogen and oxygen atoms in total. The van der Waals surface area contributed by atoms with Gasteiger partial charge in [-0.15, -0.1) is 0 Å². The van der Waals surface area contributed by atoms with Gasteiger partial charge in [-0.1, -0.05) is 37.7 Å². The number of fused-ring (bicyclic) bond motifs is 1. The number of benzene rings is 2. The lowest BCUT2D eigenvalue weighted by Crippen LogP contribution is -2.30. The van der Waals surface area contributed by atoms with Crippen LogP contribution in [0.3, 0.4) is 0 Å². The van der Waals surface area contributed by atoms with Crippen LogP contribution in [0, 0.1) is 11.3 Å². The fraction of sp³-hybridized carbons (Fsp3) is 0.364. The Morgan fingerprint density at radius 3 is 2.58 bits per heavy atom. The Kier molecular flexibility index (Phi) is 7.59. The van der Waals surface area contributed by atoms with Crippen molar-refractivity contribution in [3.8, 4) is 17.5 Å². The highest BCUT2D eigenvalue weighted by atomic mass is 32.2. The average molecular weight is 459 g/mol. The number of para-hydroxylation sites is 2. The second-order valence-corrected chi connectivity index (χ2v) is 9.63. The standard InChI is InChI=1S/C22H26N4O3S2/c1-4-25(5-2)31(27,28)17-12-13-19-18(16-17)24-22(30-15-9-14-23)26(19)20-10-7-8-11-21(20)29-6-3/h7-8,10-13,16H,4-6,9,15H2,1-3H3. The van der Waals surface area contributed by atoms with Crippen molar-refractivity contribution in [3.05, 3.63) is 42.5 Å². The average Bonchev–Trinajstić information content (AvgIpc) is 3.12. The van der Waals surface area contributed by atoms with Gasteiger partial charge in [-0.3, -0.25) is 4.57 Å². The van der Waals surface area contributed by atoms with E-state index >= 15 is 0 Å². The molecule has 0 aliphatic rings. The second-order valence-electron chi connectivity index (χ2n) is 6.63. The van der Waals surface area contributed by atoms with E-state index in [4.69, 9.17) is 15.0 Å². The highest BCUT2D eigenvalue weighted by Crippen LogP contribution is 2.34. The molecule has 0 N–H and O–H groups in total. The first-order valence-electron chi connectivity index (χ1n) is 10.2. The fourth-order valence-corrected chi connectivity index (χ4v) is 5.69. The van der Waals surface area contributed by atoms with Crippen LogP contribution < -0.4 is 4.74 Å². The minimum atomic E-state index is -3.59. The van der Waals surface area contributed by atoms with Gasteiger partial charge in [0.1, 0.15) is 5.75 Å². The molecule has 0 atom stereocenters. The predicted octanol–water partition coefficient (Wildman–Crippen LogP) is 4.46. The van der Waals surface area contributed by atoms with Gasteiger partial charge >= 0.3 is 0 Å². The van der Waals surface area contributed by atoms with Crippen LogP contribution in [0.2, 0.25) is 0 Å². The Balaban J connectivity index is 2.19. The number of hydrogen-bond donors (Lipinski definition) is 0. The van der Waals surface area contributed by atoms with Crippen molar-refractivity contribution in [1.82, 2.24) is 13.9 Å². The molecular formula is C22H26N4O3S2. The minimum Gasteiger partial charge on any atom is -0.492 e. The molecular weight excluding hydrogens is 432 g/mol. The van der Waals surface area contributed by atoms with E-state index in [1.54, 1.807) is 18.2 Å². The second kappa shape index (κ2) is 10.2. The molecule has 3 aromatic rings. The molecule has 0 fully saturated rings. The van der Waals surface area contributed by atoms with Crippen LogP contribution in [0.25, 0.3) is 16.7 Å². The number of rotatable bonds is 10. The Hall–Kier alpha value is -2.54. The quantitative estimate of drug-likeness (QED) is 0.329. The van der Waals surface area contributed by atoms with E-state index in [0.717, 1.165) is 11.2 Å². The van der Waals surface area contributed by atoms with E-state index < -0.39 is 10.0 Å². The molecule has 0 aliphatic carbocycles. The molecule has 0 unspecified atom stereocenters. The Morgan fingerprint density at radius 2 is 1.90 bits per heavy atom. The summed E-state index contributed by atoms with van der Waals surface area (Å²) < 4.78 is 35.2. The van der Waals surface area contributed by atoms with Crippen molar-refractivity contribution in [1.29, 1.82) is 5.26 Å². The largest absolute Gasteiger partial charge is 0.492 e.